The third-order valence-corrected chi connectivity index (χ3v) is 5.32. The number of nitrogens with zero attached hydrogens (tertiary/aromatic N) is 1. The summed E-state index contributed by atoms with van der Waals surface area (Å²) in [6.07, 6.45) is 0. The Morgan fingerprint density at radius 2 is 1.77 bits per heavy atom. The number of rotatable bonds is 3. The number of aromatic nitrogens is 1. The molecule has 1 amide bonds. The predicted molar refractivity (Wildman–Crippen MR) is 121 cm³/mol. The molecule has 0 aliphatic heterocycles. The first kappa shape index (κ1) is 18.4. The van der Waals surface area contributed by atoms with E-state index in [4.69, 9.17) is 16.0 Å². The fraction of sp³-hybridized carbons (Fsp3) is 0.0400. The molecule has 1 aromatic heterocycles. The number of amides is 1. The normalized spacial score (nSPS) is 11.1. The first-order valence-electron chi connectivity index (χ1n) is 9.54. The number of oxazole rings is 1. The second kappa shape index (κ2) is 7.32. The number of anilines is 1. The van der Waals surface area contributed by atoms with Crippen LogP contribution in [0.25, 0.3) is 33.3 Å². The lowest BCUT2D eigenvalue weighted by molar-refractivity contribution is 0.102. The monoisotopic (exact) mass is 412 g/mol. The molecule has 0 saturated heterocycles. The molecule has 5 aromatic rings. The number of carbonyl (C=O) groups excluding carboxylic acids is 1. The quantitative estimate of drug-likeness (QED) is 0.352. The van der Waals surface area contributed by atoms with Crippen LogP contribution in [-0.4, -0.2) is 10.9 Å². The van der Waals surface area contributed by atoms with E-state index in [0.29, 0.717) is 33.3 Å². The maximum atomic E-state index is 12.6. The Morgan fingerprint density at radius 1 is 0.933 bits per heavy atom. The molecule has 4 aromatic carbocycles. The zero-order valence-electron chi connectivity index (χ0n) is 16.1. The standard InChI is InChI=1S/C25H17ClN2O2/c1-15-6-10-20(21(26)12-15)24(29)27-19-9-11-23-22(14-19)28-25(30-23)18-8-7-16-4-2-3-5-17(16)13-18/h2-14H,1H3,(H,27,29). The number of hydrogen-bond acceptors (Lipinski definition) is 3. The van der Waals surface area contributed by atoms with Crippen LogP contribution in [0.4, 0.5) is 5.69 Å². The van der Waals surface area contributed by atoms with Gasteiger partial charge >= 0.3 is 0 Å². The third-order valence-electron chi connectivity index (χ3n) is 5.01. The Kier molecular flexibility index (Phi) is 4.49. The van der Waals surface area contributed by atoms with Crippen molar-refractivity contribution >= 4 is 45.1 Å². The fourth-order valence-electron chi connectivity index (χ4n) is 3.45. The molecule has 0 unspecified atom stereocenters. The van der Waals surface area contributed by atoms with Gasteiger partial charge in [0.25, 0.3) is 5.91 Å². The maximum Gasteiger partial charge on any atom is 0.257 e. The molecule has 1 heterocycles. The Balaban J connectivity index is 1.45. The van der Waals surface area contributed by atoms with Crippen LogP contribution in [0.1, 0.15) is 15.9 Å². The van der Waals surface area contributed by atoms with Crippen LogP contribution in [0.5, 0.6) is 0 Å². The van der Waals surface area contributed by atoms with Gasteiger partial charge in [-0.2, -0.15) is 0 Å². The van der Waals surface area contributed by atoms with Crippen molar-refractivity contribution in [1.82, 2.24) is 4.98 Å². The molecule has 0 radical (unpaired) electrons. The molecule has 0 saturated carbocycles. The van der Waals surface area contributed by atoms with E-state index >= 15 is 0 Å². The van der Waals surface area contributed by atoms with E-state index in [1.807, 2.05) is 31.2 Å². The van der Waals surface area contributed by atoms with E-state index in [-0.39, 0.29) is 5.91 Å². The van der Waals surface area contributed by atoms with Gasteiger partial charge in [0.05, 0.1) is 10.6 Å². The Bertz CT molecular complexity index is 1420. The summed E-state index contributed by atoms with van der Waals surface area (Å²) in [5, 5.41) is 5.59. The molecular weight excluding hydrogens is 396 g/mol. The number of nitrogens with one attached hydrogen (secondary N) is 1. The lowest BCUT2D eigenvalue weighted by Crippen LogP contribution is -2.12. The van der Waals surface area contributed by atoms with E-state index < -0.39 is 0 Å². The summed E-state index contributed by atoms with van der Waals surface area (Å²) in [5.74, 6) is 0.276. The Hall–Kier alpha value is -3.63. The lowest BCUT2D eigenvalue weighted by atomic mass is 10.1. The second-order valence-corrected chi connectivity index (χ2v) is 7.61. The van der Waals surface area contributed by atoms with Crippen LogP contribution in [0.2, 0.25) is 5.02 Å². The number of benzene rings is 4. The molecule has 0 bridgehead atoms. The van der Waals surface area contributed by atoms with E-state index in [0.717, 1.165) is 21.9 Å². The number of fused-ring (bicyclic) bond motifs is 2. The highest BCUT2D eigenvalue weighted by atomic mass is 35.5. The minimum absolute atomic E-state index is 0.266. The van der Waals surface area contributed by atoms with Gasteiger partial charge in [0.2, 0.25) is 5.89 Å². The molecule has 0 aliphatic carbocycles. The maximum absolute atomic E-state index is 12.6. The highest BCUT2D eigenvalue weighted by Crippen LogP contribution is 2.29. The highest BCUT2D eigenvalue weighted by molar-refractivity contribution is 6.34. The second-order valence-electron chi connectivity index (χ2n) is 7.20. The van der Waals surface area contributed by atoms with E-state index in [9.17, 15) is 4.79 Å². The molecule has 0 atom stereocenters. The Morgan fingerprint density at radius 3 is 2.60 bits per heavy atom. The van der Waals surface area contributed by atoms with Gasteiger partial charge in [0.15, 0.2) is 5.58 Å². The van der Waals surface area contributed by atoms with Gasteiger partial charge in [0.1, 0.15) is 5.52 Å². The molecule has 5 heteroatoms. The van der Waals surface area contributed by atoms with E-state index in [2.05, 4.69) is 34.6 Å². The average Bonchev–Trinajstić information content (AvgIpc) is 3.16. The van der Waals surface area contributed by atoms with Crippen molar-refractivity contribution < 1.29 is 9.21 Å². The number of aryl methyl sites for hydroxylation is 1. The molecule has 0 spiro atoms. The van der Waals surface area contributed by atoms with Crippen LogP contribution in [0, 0.1) is 6.92 Å². The minimum Gasteiger partial charge on any atom is -0.436 e. The number of hydrogen-bond donors (Lipinski definition) is 1. The summed E-state index contributed by atoms with van der Waals surface area (Å²) in [6, 6.07) is 25.0. The molecule has 1 N–H and O–H groups in total. The van der Waals surface area contributed by atoms with Crippen LogP contribution < -0.4 is 5.32 Å². The summed E-state index contributed by atoms with van der Waals surface area (Å²) >= 11 is 6.21. The third kappa shape index (κ3) is 3.42. The van der Waals surface area contributed by atoms with Crippen LogP contribution in [-0.2, 0) is 0 Å². The average molecular weight is 413 g/mol. The van der Waals surface area contributed by atoms with Crippen LogP contribution in [0.3, 0.4) is 0 Å². The summed E-state index contributed by atoms with van der Waals surface area (Å²) in [5.41, 5.74) is 4.29. The smallest absolute Gasteiger partial charge is 0.257 e. The summed E-state index contributed by atoms with van der Waals surface area (Å²) in [7, 11) is 0. The molecule has 0 fully saturated rings. The predicted octanol–water partition coefficient (Wildman–Crippen LogP) is 6.86. The molecule has 0 aliphatic rings. The topological polar surface area (TPSA) is 55.1 Å². The largest absolute Gasteiger partial charge is 0.436 e. The minimum atomic E-state index is -0.266. The van der Waals surface area contributed by atoms with Gasteiger partial charge in [0, 0.05) is 11.3 Å². The van der Waals surface area contributed by atoms with Crippen molar-refractivity contribution in [1.29, 1.82) is 0 Å². The highest BCUT2D eigenvalue weighted by Gasteiger charge is 2.13. The lowest BCUT2D eigenvalue weighted by Gasteiger charge is -2.07. The van der Waals surface area contributed by atoms with Gasteiger partial charge < -0.3 is 9.73 Å². The number of halogens is 1. The van der Waals surface area contributed by atoms with Crippen LogP contribution >= 0.6 is 11.6 Å². The SMILES string of the molecule is Cc1ccc(C(=O)Nc2ccc3oc(-c4ccc5ccccc5c4)nc3c2)c(Cl)c1. The molecule has 30 heavy (non-hydrogen) atoms. The van der Waals surface area contributed by atoms with Crippen molar-refractivity contribution in [3.8, 4) is 11.5 Å². The zero-order chi connectivity index (χ0) is 20.7. The fourth-order valence-corrected chi connectivity index (χ4v) is 3.77. The summed E-state index contributed by atoms with van der Waals surface area (Å²) < 4.78 is 5.93. The van der Waals surface area contributed by atoms with E-state index in [1.165, 1.54) is 0 Å². The molecular formula is C25H17ClN2O2. The number of carbonyl (C=O) groups is 1. The van der Waals surface area contributed by atoms with Gasteiger partial charge in [-0.1, -0.05) is 48.0 Å². The van der Waals surface area contributed by atoms with Crippen molar-refractivity contribution in [2.24, 2.45) is 0 Å². The van der Waals surface area contributed by atoms with Gasteiger partial charge in [-0.15, -0.1) is 0 Å². The van der Waals surface area contributed by atoms with Crippen molar-refractivity contribution in [2.45, 2.75) is 6.92 Å². The summed E-state index contributed by atoms with van der Waals surface area (Å²) in [6.45, 7) is 1.93. The first-order valence-corrected chi connectivity index (χ1v) is 9.92. The Labute approximate surface area is 178 Å². The van der Waals surface area contributed by atoms with Crippen molar-refractivity contribution in [3.63, 3.8) is 0 Å². The summed E-state index contributed by atoms with van der Waals surface area (Å²) in [4.78, 5) is 17.2. The van der Waals surface area contributed by atoms with Gasteiger partial charge in [-0.05, 0) is 65.7 Å². The van der Waals surface area contributed by atoms with Gasteiger partial charge in [-0.25, -0.2) is 4.98 Å². The van der Waals surface area contributed by atoms with Gasteiger partial charge in [-0.3, -0.25) is 4.79 Å². The molecule has 146 valence electrons. The van der Waals surface area contributed by atoms with Crippen molar-refractivity contribution in [2.75, 3.05) is 5.32 Å². The zero-order valence-corrected chi connectivity index (χ0v) is 16.9. The van der Waals surface area contributed by atoms with E-state index in [1.54, 1.807) is 30.3 Å². The first-order chi connectivity index (χ1) is 14.6. The van der Waals surface area contributed by atoms with Crippen LogP contribution in [0.15, 0.2) is 83.3 Å². The van der Waals surface area contributed by atoms with Crippen molar-refractivity contribution in [3.05, 3.63) is 95.0 Å². The molecule has 4 nitrogen and oxygen atoms in total. The molecule has 5 rings (SSSR count).